The Morgan fingerprint density at radius 2 is 2.17 bits per heavy atom. The molecule has 1 N–H and O–H groups in total. The van der Waals surface area contributed by atoms with E-state index in [0.29, 0.717) is 23.1 Å². The molecule has 2 heterocycles. The van der Waals surface area contributed by atoms with Crippen LogP contribution in [0.3, 0.4) is 0 Å². The quantitative estimate of drug-likeness (QED) is 0.823. The second-order valence-corrected chi connectivity index (χ2v) is 6.33. The van der Waals surface area contributed by atoms with E-state index in [1.807, 2.05) is 30.0 Å². The number of benzene rings is 1. The summed E-state index contributed by atoms with van der Waals surface area (Å²) < 4.78 is 10.7. The zero-order valence-corrected chi connectivity index (χ0v) is 14.7. The summed E-state index contributed by atoms with van der Waals surface area (Å²) in [5.41, 5.74) is 1.34. The first-order valence-corrected chi connectivity index (χ1v) is 9.00. The van der Waals surface area contributed by atoms with Crippen molar-refractivity contribution in [3.05, 3.63) is 29.3 Å². The van der Waals surface area contributed by atoms with E-state index in [9.17, 15) is 4.79 Å². The molecule has 1 aliphatic heterocycles. The van der Waals surface area contributed by atoms with Crippen LogP contribution in [0, 0.1) is 0 Å². The molecular formula is C17H21N3O3S. The topological polar surface area (TPSA) is 63.7 Å². The van der Waals surface area contributed by atoms with E-state index >= 15 is 0 Å². The van der Waals surface area contributed by atoms with Crippen molar-refractivity contribution in [1.29, 1.82) is 0 Å². The SMILES string of the molecule is CCCCN(CC)C(=O)c1csc(Nc2ccc3c(c2)OCO3)n1. The summed E-state index contributed by atoms with van der Waals surface area (Å²) in [6.07, 6.45) is 2.07. The number of rotatable bonds is 7. The molecule has 1 aliphatic rings. The Labute approximate surface area is 145 Å². The molecule has 1 aromatic heterocycles. The predicted molar refractivity (Wildman–Crippen MR) is 94.4 cm³/mol. The van der Waals surface area contributed by atoms with Crippen LogP contribution in [0.15, 0.2) is 23.6 Å². The molecule has 0 spiro atoms. The lowest BCUT2D eigenvalue weighted by Crippen LogP contribution is -2.31. The number of hydrogen-bond acceptors (Lipinski definition) is 6. The van der Waals surface area contributed by atoms with Crippen molar-refractivity contribution in [2.75, 3.05) is 25.2 Å². The number of fused-ring (bicyclic) bond motifs is 1. The maximum absolute atomic E-state index is 12.5. The molecule has 0 bridgehead atoms. The standard InChI is InChI=1S/C17H21N3O3S/c1-3-5-8-20(4-2)16(21)13-10-24-17(19-13)18-12-6-7-14-15(9-12)23-11-22-14/h6-7,9-10H,3-5,8,11H2,1-2H3,(H,18,19). The highest BCUT2D eigenvalue weighted by molar-refractivity contribution is 7.14. The summed E-state index contributed by atoms with van der Waals surface area (Å²) in [5, 5.41) is 5.69. The van der Waals surface area contributed by atoms with Gasteiger partial charge in [-0.15, -0.1) is 11.3 Å². The lowest BCUT2D eigenvalue weighted by Gasteiger charge is -2.19. The van der Waals surface area contributed by atoms with Crippen molar-refractivity contribution in [3.63, 3.8) is 0 Å². The Hall–Kier alpha value is -2.28. The van der Waals surface area contributed by atoms with E-state index in [1.165, 1.54) is 11.3 Å². The van der Waals surface area contributed by atoms with Crippen LogP contribution in [0.5, 0.6) is 11.5 Å². The van der Waals surface area contributed by atoms with Gasteiger partial charge in [-0.1, -0.05) is 13.3 Å². The number of amides is 1. The summed E-state index contributed by atoms with van der Waals surface area (Å²) in [6.45, 7) is 5.83. The summed E-state index contributed by atoms with van der Waals surface area (Å²) in [4.78, 5) is 18.8. The fourth-order valence-corrected chi connectivity index (χ4v) is 3.15. The summed E-state index contributed by atoms with van der Waals surface area (Å²) in [7, 11) is 0. The molecule has 0 saturated heterocycles. The van der Waals surface area contributed by atoms with Gasteiger partial charge in [-0.25, -0.2) is 4.98 Å². The number of thiazole rings is 1. The summed E-state index contributed by atoms with van der Waals surface area (Å²) in [5.74, 6) is 1.44. The van der Waals surface area contributed by atoms with Crippen LogP contribution in [0.1, 0.15) is 37.2 Å². The summed E-state index contributed by atoms with van der Waals surface area (Å²) in [6, 6.07) is 5.62. The Morgan fingerprint density at radius 1 is 1.33 bits per heavy atom. The van der Waals surface area contributed by atoms with Crippen LogP contribution in [0.25, 0.3) is 0 Å². The molecule has 2 aromatic rings. The Kier molecular flexibility index (Phi) is 5.20. The van der Waals surface area contributed by atoms with Gasteiger partial charge in [0.15, 0.2) is 16.6 Å². The molecule has 0 aliphatic carbocycles. The molecular weight excluding hydrogens is 326 g/mol. The monoisotopic (exact) mass is 347 g/mol. The van der Waals surface area contributed by atoms with Gasteiger partial charge in [0.05, 0.1) is 0 Å². The van der Waals surface area contributed by atoms with E-state index in [4.69, 9.17) is 9.47 Å². The minimum absolute atomic E-state index is 0.0130. The number of nitrogens with zero attached hydrogens (tertiary/aromatic N) is 2. The molecule has 7 heteroatoms. The van der Waals surface area contributed by atoms with Crippen LogP contribution < -0.4 is 14.8 Å². The number of carbonyl (C=O) groups is 1. The predicted octanol–water partition coefficient (Wildman–Crippen LogP) is 3.88. The van der Waals surface area contributed by atoms with Crippen molar-refractivity contribution < 1.29 is 14.3 Å². The molecule has 0 unspecified atom stereocenters. The van der Waals surface area contributed by atoms with E-state index in [1.54, 1.807) is 5.38 Å². The van der Waals surface area contributed by atoms with Crippen molar-refractivity contribution >= 4 is 28.1 Å². The first-order valence-electron chi connectivity index (χ1n) is 8.12. The van der Waals surface area contributed by atoms with Gasteiger partial charge in [0.1, 0.15) is 5.69 Å². The molecule has 1 amide bonds. The molecule has 128 valence electrons. The van der Waals surface area contributed by atoms with E-state index in [2.05, 4.69) is 17.2 Å². The van der Waals surface area contributed by atoms with Gasteiger partial charge >= 0.3 is 0 Å². The normalized spacial score (nSPS) is 12.2. The van der Waals surface area contributed by atoms with Gasteiger partial charge in [-0.05, 0) is 25.5 Å². The second kappa shape index (κ2) is 7.53. The summed E-state index contributed by atoms with van der Waals surface area (Å²) >= 11 is 1.42. The molecule has 1 aromatic carbocycles. The van der Waals surface area contributed by atoms with Crippen LogP contribution in [0.4, 0.5) is 10.8 Å². The zero-order chi connectivity index (χ0) is 16.9. The van der Waals surface area contributed by atoms with Gasteiger partial charge in [-0.3, -0.25) is 4.79 Å². The number of aromatic nitrogens is 1. The van der Waals surface area contributed by atoms with E-state index in [-0.39, 0.29) is 12.7 Å². The maximum Gasteiger partial charge on any atom is 0.273 e. The van der Waals surface area contributed by atoms with Gasteiger partial charge in [0.2, 0.25) is 6.79 Å². The van der Waals surface area contributed by atoms with Crippen molar-refractivity contribution in [3.8, 4) is 11.5 Å². The fraction of sp³-hybridized carbons (Fsp3) is 0.412. The Morgan fingerprint density at radius 3 is 2.96 bits per heavy atom. The third kappa shape index (κ3) is 3.62. The van der Waals surface area contributed by atoms with Gasteiger partial charge < -0.3 is 19.7 Å². The number of anilines is 2. The lowest BCUT2D eigenvalue weighted by molar-refractivity contribution is 0.0757. The minimum atomic E-state index is -0.0130. The average Bonchev–Trinajstić information content (AvgIpc) is 3.24. The van der Waals surface area contributed by atoms with Gasteiger partial charge in [0, 0.05) is 30.2 Å². The molecule has 24 heavy (non-hydrogen) atoms. The van der Waals surface area contributed by atoms with Crippen molar-refractivity contribution in [1.82, 2.24) is 9.88 Å². The fourth-order valence-electron chi connectivity index (χ4n) is 2.44. The largest absolute Gasteiger partial charge is 0.454 e. The van der Waals surface area contributed by atoms with Crippen LogP contribution in [-0.2, 0) is 0 Å². The number of nitrogens with one attached hydrogen (secondary N) is 1. The van der Waals surface area contributed by atoms with E-state index < -0.39 is 0 Å². The molecule has 0 radical (unpaired) electrons. The number of unbranched alkanes of at least 4 members (excludes halogenated alkanes) is 1. The maximum atomic E-state index is 12.5. The third-order valence-corrected chi connectivity index (χ3v) is 4.56. The van der Waals surface area contributed by atoms with Crippen LogP contribution >= 0.6 is 11.3 Å². The van der Waals surface area contributed by atoms with Crippen LogP contribution in [0.2, 0.25) is 0 Å². The lowest BCUT2D eigenvalue weighted by atomic mass is 10.3. The first kappa shape index (κ1) is 16.6. The van der Waals surface area contributed by atoms with Crippen molar-refractivity contribution in [2.24, 2.45) is 0 Å². The first-order chi connectivity index (χ1) is 11.7. The minimum Gasteiger partial charge on any atom is -0.454 e. The molecule has 3 rings (SSSR count). The smallest absolute Gasteiger partial charge is 0.273 e. The molecule has 6 nitrogen and oxygen atoms in total. The van der Waals surface area contributed by atoms with Crippen molar-refractivity contribution in [2.45, 2.75) is 26.7 Å². The zero-order valence-electron chi connectivity index (χ0n) is 13.9. The van der Waals surface area contributed by atoms with Gasteiger partial charge in [-0.2, -0.15) is 0 Å². The average molecular weight is 347 g/mol. The van der Waals surface area contributed by atoms with E-state index in [0.717, 1.165) is 30.8 Å². The second-order valence-electron chi connectivity index (χ2n) is 5.47. The Bertz CT molecular complexity index is 717. The van der Waals surface area contributed by atoms with Crippen LogP contribution in [-0.4, -0.2) is 35.7 Å². The highest BCUT2D eigenvalue weighted by Crippen LogP contribution is 2.35. The molecule has 0 atom stereocenters. The van der Waals surface area contributed by atoms with Gasteiger partial charge in [0.25, 0.3) is 5.91 Å². The molecule has 0 saturated carbocycles. The number of ether oxygens (including phenoxy) is 2. The number of hydrogen-bond donors (Lipinski definition) is 1. The third-order valence-electron chi connectivity index (χ3n) is 3.80. The highest BCUT2D eigenvalue weighted by Gasteiger charge is 2.18. The molecule has 0 fully saturated rings. The number of carbonyl (C=O) groups excluding carboxylic acids is 1. The Balaban J connectivity index is 1.67. The highest BCUT2D eigenvalue weighted by atomic mass is 32.1.